The molecule has 0 spiro atoms. The molecule has 2 aromatic rings. The molecule has 0 unspecified atom stereocenters. The van der Waals surface area contributed by atoms with E-state index in [9.17, 15) is 9.59 Å². The Morgan fingerprint density at radius 2 is 2.20 bits per heavy atom. The molecule has 0 fully saturated rings. The van der Waals surface area contributed by atoms with E-state index in [1.165, 1.54) is 7.11 Å². The molecular formula is C15H17ClN4O4S. The SMILES string of the molecule is COC(=O)CNC(=O)CSc1n[nH]c(COc2ccc(Cl)c(C)c2)n1. The highest BCUT2D eigenvalue weighted by Crippen LogP contribution is 2.21. The average molecular weight is 385 g/mol. The van der Waals surface area contributed by atoms with Crippen molar-refractivity contribution in [1.82, 2.24) is 20.5 Å². The molecule has 0 saturated heterocycles. The first kappa shape index (κ1) is 19.1. The van der Waals surface area contributed by atoms with Gasteiger partial charge in [-0.3, -0.25) is 14.7 Å². The topological polar surface area (TPSA) is 106 Å². The summed E-state index contributed by atoms with van der Waals surface area (Å²) in [5, 5.41) is 10.3. The van der Waals surface area contributed by atoms with Gasteiger partial charge in [-0.2, -0.15) is 0 Å². The molecule has 1 heterocycles. The van der Waals surface area contributed by atoms with Crippen LogP contribution in [-0.2, 0) is 20.9 Å². The van der Waals surface area contributed by atoms with Gasteiger partial charge in [0.25, 0.3) is 0 Å². The number of nitrogens with one attached hydrogen (secondary N) is 2. The van der Waals surface area contributed by atoms with Crippen molar-refractivity contribution >= 4 is 35.2 Å². The lowest BCUT2D eigenvalue weighted by Crippen LogP contribution is -2.31. The van der Waals surface area contributed by atoms with Crippen molar-refractivity contribution in [3.05, 3.63) is 34.6 Å². The lowest BCUT2D eigenvalue weighted by molar-refractivity contribution is -0.140. The number of aromatic nitrogens is 3. The first-order valence-electron chi connectivity index (χ1n) is 7.24. The van der Waals surface area contributed by atoms with Gasteiger partial charge in [-0.05, 0) is 30.7 Å². The molecule has 1 aromatic heterocycles. The summed E-state index contributed by atoms with van der Waals surface area (Å²) in [4.78, 5) is 26.7. The van der Waals surface area contributed by atoms with Crippen molar-refractivity contribution in [2.75, 3.05) is 19.4 Å². The fraction of sp³-hybridized carbons (Fsp3) is 0.333. The van der Waals surface area contributed by atoms with Gasteiger partial charge in [-0.15, -0.1) is 5.10 Å². The summed E-state index contributed by atoms with van der Waals surface area (Å²) in [5.41, 5.74) is 0.922. The summed E-state index contributed by atoms with van der Waals surface area (Å²) in [6.07, 6.45) is 0. The molecule has 1 aromatic carbocycles. The zero-order valence-electron chi connectivity index (χ0n) is 13.7. The lowest BCUT2D eigenvalue weighted by atomic mass is 10.2. The minimum Gasteiger partial charge on any atom is -0.486 e. The third kappa shape index (κ3) is 6.28. The van der Waals surface area contributed by atoms with Crippen LogP contribution in [0.15, 0.2) is 23.4 Å². The van der Waals surface area contributed by atoms with E-state index < -0.39 is 5.97 Å². The molecule has 0 aliphatic carbocycles. The van der Waals surface area contributed by atoms with Crippen LogP contribution in [0.1, 0.15) is 11.4 Å². The summed E-state index contributed by atoms with van der Waals surface area (Å²) in [5.74, 6) is 0.480. The fourth-order valence-electron chi connectivity index (χ4n) is 1.69. The van der Waals surface area contributed by atoms with Gasteiger partial charge in [0.05, 0.1) is 12.9 Å². The predicted octanol–water partition coefficient (Wildman–Crippen LogP) is 1.73. The summed E-state index contributed by atoms with van der Waals surface area (Å²) >= 11 is 7.11. The van der Waals surface area contributed by atoms with Crippen molar-refractivity contribution in [1.29, 1.82) is 0 Å². The smallest absolute Gasteiger partial charge is 0.325 e. The maximum absolute atomic E-state index is 11.6. The van der Waals surface area contributed by atoms with Gasteiger partial charge < -0.3 is 14.8 Å². The number of benzene rings is 1. The largest absolute Gasteiger partial charge is 0.486 e. The number of methoxy groups -OCH3 is 1. The van der Waals surface area contributed by atoms with E-state index in [1.54, 1.807) is 12.1 Å². The Morgan fingerprint density at radius 1 is 1.40 bits per heavy atom. The maximum atomic E-state index is 11.6. The first-order valence-corrected chi connectivity index (χ1v) is 8.61. The van der Waals surface area contributed by atoms with Crippen LogP contribution in [0.3, 0.4) is 0 Å². The van der Waals surface area contributed by atoms with Crippen LogP contribution in [-0.4, -0.2) is 46.5 Å². The molecule has 2 rings (SSSR count). The van der Waals surface area contributed by atoms with Gasteiger partial charge in [0.1, 0.15) is 18.9 Å². The number of aromatic amines is 1. The minimum atomic E-state index is -0.506. The second-order valence-corrected chi connectivity index (χ2v) is 6.26. The Labute approximate surface area is 153 Å². The molecule has 0 atom stereocenters. The van der Waals surface area contributed by atoms with E-state index >= 15 is 0 Å². The molecule has 0 aliphatic rings. The predicted molar refractivity (Wildman–Crippen MR) is 92.7 cm³/mol. The Morgan fingerprint density at radius 3 is 2.92 bits per heavy atom. The van der Waals surface area contributed by atoms with Gasteiger partial charge in [-0.1, -0.05) is 23.4 Å². The van der Waals surface area contributed by atoms with Crippen LogP contribution < -0.4 is 10.1 Å². The van der Waals surface area contributed by atoms with E-state index in [1.807, 2.05) is 13.0 Å². The molecule has 0 aliphatic heterocycles. The summed E-state index contributed by atoms with van der Waals surface area (Å²) in [6, 6.07) is 5.37. The van der Waals surface area contributed by atoms with Gasteiger partial charge in [0.15, 0.2) is 5.82 Å². The number of carbonyl (C=O) groups is 2. The summed E-state index contributed by atoms with van der Waals surface area (Å²) < 4.78 is 10.0. The molecule has 25 heavy (non-hydrogen) atoms. The molecule has 10 heteroatoms. The highest BCUT2D eigenvalue weighted by molar-refractivity contribution is 7.99. The highest BCUT2D eigenvalue weighted by Gasteiger charge is 2.10. The highest BCUT2D eigenvalue weighted by atomic mass is 35.5. The molecule has 134 valence electrons. The Hall–Kier alpha value is -2.26. The fourth-order valence-corrected chi connectivity index (χ4v) is 2.45. The molecular weight excluding hydrogens is 368 g/mol. The standard InChI is InChI=1S/C15H17ClN4O4S/c1-9-5-10(3-4-11(9)16)24-7-12-18-15(20-19-12)25-8-13(21)17-6-14(22)23-2/h3-5H,6-8H2,1-2H3,(H,17,21)(H,18,19,20). The van der Waals surface area contributed by atoms with Crippen molar-refractivity contribution in [3.63, 3.8) is 0 Å². The first-order chi connectivity index (χ1) is 12.0. The van der Waals surface area contributed by atoms with Crippen molar-refractivity contribution in [2.45, 2.75) is 18.7 Å². The second-order valence-electron chi connectivity index (χ2n) is 4.91. The third-order valence-electron chi connectivity index (χ3n) is 3.01. The number of halogens is 1. The van der Waals surface area contributed by atoms with E-state index in [4.69, 9.17) is 16.3 Å². The number of nitrogens with zero attached hydrogens (tertiary/aromatic N) is 2. The monoisotopic (exact) mass is 384 g/mol. The third-order valence-corrected chi connectivity index (χ3v) is 4.28. The number of ether oxygens (including phenoxy) is 2. The number of thioether (sulfide) groups is 1. The van der Waals surface area contributed by atoms with Crippen molar-refractivity contribution in [2.24, 2.45) is 0 Å². The number of aryl methyl sites for hydroxylation is 1. The Balaban J connectivity index is 1.76. The molecule has 0 saturated carbocycles. The van der Waals surface area contributed by atoms with Gasteiger partial charge in [-0.25, -0.2) is 4.98 Å². The number of carbonyl (C=O) groups excluding carboxylic acids is 2. The van der Waals surface area contributed by atoms with Crippen LogP contribution in [0.5, 0.6) is 5.75 Å². The number of hydrogen-bond donors (Lipinski definition) is 2. The van der Waals surface area contributed by atoms with E-state index in [0.29, 0.717) is 21.8 Å². The van der Waals surface area contributed by atoms with Crippen LogP contribution >= 0.6 is 23.4 Å². The Kier molecular flexibility index (Phi) is 7.08. The minimum absolute atomic E-state index is 0.0888. The van der Waals surface area contributed by atoms with Crippen LogP contribution in [0.2, 0.25) is 5.02 Å². The molecule has 1 amide bonds. The van der Waals surface area contributed by atoms with E-state index in [-0.39, 0.29) is 24.8 Å². The van der Waals surface area contributed by atoms with Gasteiger partial charge >= 0.3 is 5.97 Å². The number of amides is 1. The molecule has 0 bridgehead atoms. The zero-order valence-corrected chi connectivity index (χ0v) is 15.2. The van der Waals surface area contributed by atoms with Gasteiger partial charge in [0, 0.05) is 5.02 Å². The van der Waals surface area contributed by atoms with Crippen LogP contribution in [0.25, 0.3) is 0 Å². The van der Waals surface area contributed by atoms with Gasteiger partial charge in [0.2, 0.25) is 11.1 Å². The maximum Gasteiger partial charge on any atom is 0.325 e. The number of hydrogen-bond acceptors (Lipinski definition) is 7. The van der Waals surface area contributed by atoms with Crippen LogP contribution in [0, 0.1) is 6.92 Å². The number of rotatable bonds is 8. The normalized spacial score (nSPS) is 10.4. The quantitative estimate of drug-likeness (QED) is 0.527. The van der Waals surface area contributed by atoms with Crippen molar-refractivity contribution < 1.29 is 19.1 Å². The van der Waals surface area contributed by atoms with Crippen LogP contribution in [0.4, 0.5) is 0 Å². The molecule has 0 radical (unpaired) electrons. The number of esters is 1. The Bertz CT molecular complexity index is 753. The second kappa shape index (κ2) is 9.28. The van der Waals surface area contributed by atoms with E-state index in [2.05, 4.69) is 25.2 Å². The molecule has 8 nitrogen and oxygen atoms in total. The summed E-state index contributed by atoms with van der Waals surface area (Å²) in [6.45, 7) is 1.94. The summed E-state index contributed by atoms with van der Waals surface area (Å²) in [7, 11) is 1.26. The zero-order chi connectivity index (χ0) is 18.2. The molecule has 2 N–H and O–H groups in total. The number of H-pyrrole nitrogens is 1. The van der Waals surface area contributed by atoms with Crippen molar-refractivity contribution in [3.8, 4) is 5.75 Å². The average Bonchev–Trinajstić information content (AvgIpc) is 3.06. The lowest BCUT2D eigenvalue weighted by Gasteiger charge is -2.05. The van der Waals surface area contributed by atoms with E-state index in [0.717, 1.165) is 17.3 Å².